The maximum Gasteiger partial charge on any atom is 0.147 e. The Morgan fingerprint density at radius 2 is 1.95 bits per heavy atom. The molecule has 0 atom stereocenters. The van der Waals surface area contributed by atoms with Crippen molar-refractivity contribution in [3.05, 3.63) is 30.3 Å². The Balaban J connectivity index is 1.58. The number of nitrogens with zero attached hydrogens (tertiary/aromatic N) is 1. The van der Waals surface area contributed by atoms with Crippen LogP contribution in [0, 0.1) is 5.92 Å². The minimum Gasteiger partial charge on any atom is -0.382 e. The van der Waals surface area contributed by atoms with Crippen LogP contribution >= 0.6 is 11.5 Å². The van der Waals surface area contributed by atoms with Crippen LogP contribution in [0.1, 0.15) is 38.5 Å². The number of anilines is 2. The van der Waals surface area contributed by atoms with Crippen LogP contribution in [0.4, 0.5) is 10.8 Å². The van der Waals surface area contributed by atoms with E-state index < -0.39 is 0 Å². The number of hydrogen-bond acceptors (Lipinski definition) is 4. The third-order valence-corrected chi connectivity index (χ3v) is 5.15. The van der Waals surface area contributed by atoms with Crippen molar-refractivity contribution in [3.63, 3.8) is 0 Å². The third-order valence-electron chi connectivity index (χ3n) is 4.33. The van der Waals surface area contributed by atoms with Crippen LogP contribution in [0.3, 0.4) is 0 Å². The zero-order valence-corrected chi connectivity index (χ0v) is 13.2. The summed E-state index contributed by atoms with van der Waals surface area (Å²) in [6.07, 6.45) is 8.31. The predicted octanol–water partition coefficient (Wildman–Crippen LogP) is 4.77. The first-order chi connectivity index (χ1) is 10.3. The molecule has 0 spiro atoms. The molecule has 1 heterocycles. The molecule has 1 saturated carbocycles. The van der Waals surface area contributed by atoms with Gasteiger partial charge in [0.2, 0.25) is 0 Å². The number of hydrogen-bond donors (Lipinski definition) is 2. The second kappa shape index (κ2) is 6.94. The molecule has 3 rings (SSSR count). The molecule has 112 valence electrons. The van der Waals surface area contributed by atoms with E-state index in [-0.39, 0.29) is 0 Å². The summed E-state index contributed by atoms with van der Waals surface area (Å²) in [6.45, 7) is 1.01. The maximum absolute atomic E-state index is 6.04. The van der Waals surface area contributed by atoms with E-state index in [2.05, 4.69) is 21.8 Å². The van der Waals surface area contributed by atoms with Crippen molar-refractivity contribution in [2.24, 2.45) is 5.92 Å². The van der Waals surface area contributed by atoms with Gasteiger partial charge in [-0.15, -0.1) is 0 Å². The Bertz CT molecular complexity index is 559. The summed E-state index contributed by atoms with van der Waals surface area (Å²) in [6, 6.07) is 10.3. The van der Waals surface area contributed by atoms with Gasteiger partial charge in [-0.1, -0.05) is 56.0 Å². The summed E-state index contributed by atoms with van der Waals surface area (Å²) in [4.78, 5) is 0. The zero-order valence-electron chi connectivity index (χ0n) is 12.3. The average Bonchev–Trinajstić information content (AvgIpc) is 3.14. The number of aromatic nitrogens is 1. The fourth-order valence-electron chi connectivity index (χ4n) is 3.20. The van der Waals surface area contributed by atoms with E-state index in [1.54, 1.807) is 0 Å². The molecule has 1 aliphatic rings. The maximum atomic E-state index is 6.04. The largest absolute Gasteiger partial charge is 0.382 e. The highest BCUT2D eigenvalue weighted by Gasteiger charge is 2.15. The molecule has 0 bridgehead atoms. The van der Waals surface area contributed by atoms with Crippen molar-refractivity contribution in [1.29, 1.82) is 0 Å². The summed E-state index contributed by atoms with van der Waals surface area (Å²) in [5.74, 6) is 1.59. The first-order valence-corrected chi connectivity index (χ1v) is 8.66. The quantitative estimate of drug-likeness (QED) is 0.755. The van der Waals surface area contributed by atoms with Crippen LogP contribution in [0.2, 0.25) is 0 Å². The molecule has 4 heteroatoms. The molecular formula is C17H23N3S. The highest BCUT2D eigenvalue weighted by atomic mass is 32.1. The van der Waals surface area contributed by atoms with E-state index >= 15 is 0 Å². The molecule has 21 heavy (non-hydrogen) atoms. The predicted molar refractivity (Wildman–Crippen MR) is 91.6 cm³/mol. The summed E-state index contributed by atoms with van der Waals surface area (Å²) in [5.41, 5.74) is 8.23. The van der Waals surface area contributed by atoms with E-state index in [0.717, 1.165) is 28.6 Å². The Kier molecular flexibility index (Phi) is 4.76. The highest BCUT2D eigenvalue weighted by molar-refractivity contribution is 7.11. The number of nitrogens with one attached hydrogen (secondary N) is 1. The Morgan fingerprint density at radius 3 is 2.71 bits per heavy atom. The molecule has 0 amide bonds. The molecule has 1 fully saturated rings. The number of nitrogen functional groups attached to an aromatic ring is 1. The van der Waals surface area contributed by atoms with Crippen molar-refractivity contribution < 1.29 is 0 Å². The molecule has 3 N–H and O–H groups in total. The Labute approximate surface area is 130 Å². The van der Waals surface area contributed by atoms with Gasteiger partial charge < -0.3 is 11.1 Å². The first-order valence-electron chi connectivity index (χ1n) is 7.89. The molecule has 0 aliphatic heterocycles. The number of nitrogens with two attached hydrogens (primary N) is 1. The standard InChI is InChI=1S/C17H23N3S/c18-16-15(14-10-2-1-3-11-14)17(21-20-16)19-12-6-9-13-7-4-5-8-13/h1-3,10-11,13,19H,4-9,12H2,(H2,18,20). The van der Waals surface area contributed by atoms with E-state index in [1.807, 2.05) is 18.2 Å². The lowest BCUT2D eigenvalue weighted by Gasteiger charge is -2.10. The van der Waals surface area contributed by atoms with E-state index in [4.69, 9.17) is 5.73 Å². The second-order valence-electron chi connectivity index (χ2n) is 5.86. The van der Waals surface area contributed by atoms with Crippen molar-refractivity contribution in [2.75, 3.05) is 17.6 Å². The Hall–Kier alpha value is -1.55. The van der Waals surface area contributed by atoms with Gasteiger partial charge in [0, 0.05) is 6.54 Å². The van der Waals surface area contributed by atoms with Gasteiger partial charge in [-0.2, -0.15) is 4.37 Å². The van der Waals surface area contributed by atoms with Gasteiger partial charge in [-0.25, -0.2) is 0 Å². The van der Waals surface area contributed by atoms with Crippen LogP contribution < -0.4 is 11.1 Å². The van der Waals surface area contributed by atoms with Gasteiger partial charge in [0.1, 0.15) is 10.8 Å². The van der Waals surface area contributed by atoms with E-state index in [1.165, 1.54) is 50.1 Å². The van der Waals surface area contributed by atoms with Gasteiger partial charge in [-0.3, -0.25) is 0 Å². The lowest BCUT2D eigenvalue weighted by molar-refractivity contribution is 0.491. The third kappa shape index (κ3) is 3.56. The minimum absolute atomic E-state index is 0.629. The topological polar surface area (TPSA) is 50.9 Å². The SMILES string of the molecule is Nc1nsc(NCCCC2CCCC2)c1-c1ccccc1. The average molecular weight is 301 g/mol. The molecule has 0 unspecified atom stereocenters. The molecule has 2 aromatic rings. The molecule has 1 aromatic heterocycles. The van der Waals surface area contributed by atoms with E-state index in [9.17, 15) is 0 Å². The summed E-state index contributed by atoms with van der Waals surface area (Å²) < 4.78 is 4.31. The monoisotopic (exact) mass is 301 g/mol. The first kappa shape index (κ1) is 14.4. The smallest absolute Gasteiger partial charge is 0.147 e. The van der Waals surface area contributed by atoms with E-state index in [0.29, 0.717) is 5.82 Å². The Morgan fingerprint density at radius 1 is 1.19 bits per heavy atom. The van der Waals surface area contributed by atoms with Crippen molar-refractivity contribution >= 4 is 22.4 Å². The van der Waals surface area contributed by atoms with Crippen LogP contribution in [0.15, 0.2) is 30.3 Å². The van der Waals surface area contributed by atoms with Gasteiger partial charge in [0.25, 0.3) is 0 Å². The van der Waals surface area contributed by atoms with Crippen molar-refractivity contribution in [2.45, 2.75) is 38.5 Å². The molecule has 1 aromatic carbocycles. The lowest BCUT2D eigenvalue weighted by Crippen LogP contribution is -2.04. The normalized spacial score (nSPS) is 15.4. The minimum atomic E-state index is 0.629. The van der Waals surface area contributed by atoms with Crippen LogP contribution in [-0.4, -0.2) is 10.9 Å². The second-order valence-corrected chi connectivity index (χ2v) is 6.63. The van der Waals surface area contributed by atoms with Crippen LogP contribution in [0.5, 0.6) is 0 Å². The molecule has 3 nitrogen and oxygen atoms in total. The molecule has 0 saturated heterocycles. The number of rotatable bonds is 6. The van der Waals surface area contributed by atoms with Gasteiger partial charge in [0.15, 0.2) is 0 Å². The highest BCUT2D eigenvalue weighted by Crippen LogP contribution is 2.36. The van der Waals surface area contributed by atoms with Crippen LogP contribution in [0.25, 0.3) is 11.1 Å². The van der Waals surface area contributed by atoms with Crippen LogP contribution in [-0.2, 0) is 0 Å². The van der Waals surface area contributed by atoms with Crippen molar-refractivity contribution in [1.82, 2.24) is 4.37 Å². The van der Waals surface area contributed by atoms with Gasteiger partial charge in [-0.05, 0) is 35.9 Å². The summed E-state index contributed by atoms with van der Waals surface area (Å²) in [7, 11) is 0. The fourth-order valence-corrected chi connectivity index (χ4v) is 3.96. The molecule has 1 aliphatic carbocycles. The fraction of sp³-hybridized carbons (Fsp3) is 0.471. The summed E-state index contributed by atoms with van der Waals surface area (Å²) in [5, 5.41) is 4.63. The molecular weight excluding hydrogens is 278 g/mol. The lowest BCUT2D eigenvalue weighted by atomic mass is 10.0. The van der Waals surface area contributed by atoms with Gasteiger partial charge >= 0.3 is 0 Å². The van der Waals surface area contributed by atoms with Crippen molar-refractivity contribution in [3.8, 4) is 11.1 Å². The molecule has 0 radical (unpaired) electrons. The van der Waals surface area contributed by atoms with Gasteiger partial charge in [0.05, 0.1) is 5.56 Å². The number of benzene rings is 1. The zero-order chi connectivity index (χ0) is 14.5. The summed E-state index contributed by atoms with van der Waals surface area (Å²) >= 11 is 1.47.